The van der Waals surface area contributed by atoms with Gasteiger partial charge < -0.3 is 4.74 Å². The predicted molar refractivity (Wildman–Crippen MR) is 111 cm³/mol. The van der Waals surface area contributed by atoms with Crippen LogP contribution in [0.2, 0.25) is 0 Å². The van der Waals surface area contributed by atoms with E-state index in [2.05, 4.69) is 26.8 Å². The molecule has 0 bridgehead atoms. The third-order valence-corrected chi connectivity index (χ3v) is 9.53. The average molecular weight is 387 g/mol. The molecule has 0 radical (unpaired) electrons. The van der Waals surface area contributed by atoms with Gasteiger partial charge in [-0.05, 0) is 80.0 Å². The Hall–Kier alpha value is -1.12. The van der Waals surface area contributed by atoms with Gasteiger partial charge in [-0.3, -0.25) is 9.59 Å². The lowest BCUT2D eigenvalue weighted by Gasteiger charge is -2.58. The van der Waals surface area contributed by atoms with Gasteiger partial charge in [0.15, 0.2) is 0 Å². The molecule has 0 N–H and O–H groups in total. The molecule has 3 nitrogen and oxygen atoms in total. The fraction of sp³-hybridized carbons (Fsp3) is 0.840. The zero-order chi connectivity index (χ0) is 20.3. The van der Waals surface area contributed by atoms with Crippen LogP contribution in [0, 0.1) is 40.4 Å². The van der Waals surface area contributed by atoms with Crippen molar-refractivity contribution in [2.24, 2.45) is 40.4 Å². The highest BCUT2D eigenvalue weighted by atomic mass is 16.5. The number of rotatable bonds is 3. The molecule has 0 aromatic carbocycles. The van der Waals surface area contributed by atoms with Crippen LogP contribution in [0.1, 0.15) is 86.0 Å². The van der Waals surface area contributed by atoms with Gasteiger partial charge in [0, 0.05) is 19.3 Å². The van der Waals surface area contributed by atoms with Crippen LogP contribution in [0.5, 0.6) is 0 Å². The van der Waals surface area contributed by atoms with Crippen LogP contribution in [-0.2, 0) is 14.3 Å². The first kappa shape index (κ1) is 20.2. The maximum absolute atomic E-state index is 12.6. The summed E-state index contributed by atoms with van der Waals surface area (Å²) in [5.74, 6) is 3.25. The Morgan fingerprint density at radius 3 is 2.54 bits per heavy atom. The van der Waals surface area contributed by atoms with Gasteiger partial charge in [-0.1, -0.05) is 38.8 Å². The minimum atomic E-state index is -0.150. The van der Waals surface area contributed by atoms with Crippen molar-refractivity contribution in [3.05, 3.63) is 11.6 Å². The third kappa shape index (κ3) is 2.91. The largest absolute Gasteiger partial charge is 0.462 e. The molecule has 0 saturated heterocycles. The molecule has 0 unspecified atom stereocenters. The fourth-order valence-electron chi connectivity index (χ4n) is 8.34. The summed E-state index contributed by atoms with van der Waals surface area (Å²) < 4.78 is 5.56. The van der Waals surface area contributed by atoms with E-state index < -0.39 is 0 Å². The van der Waals surface area contributed by atoms with Crippen molar-refractivity contribution in [1.82, 2.24) is 0 Å². The number of hydrogen-bond acceptors (Lipinski definition) is 3. The first-order valence-electron chi connectivity index (χ1n) is 11.6. The van der Waals surface area contributed by atoms with Gasteiger partial charge in [0.2, 0.25) is 0 Å². The van der Waals surface area contributed by atoms with E-state index in [4.69, 9.17) is 4.74 Å². The van der Waals surface area contributed by atoms with Crippen LogP contribution in [0.4, 0.5) is 0 Å². The molecule has 0 amide bonds. The van der Waals surface area contributed by atoms with Crippen molar-refractivity contribution < 1.29 is 14.3 Å². The highest BCUT2D eigenvalue weighted by Gasteiger charge is 2.61. The second-order valence-corrected chi connectivity index (χ2v) is 10.8. The summed E-state index contributed by atoms with van der Waals surface area (Å²) in [4.78, 5) is 24.0. The molecule has 8 atom stereocenters. The molecule has 4 rings (SSSR count). The van der Waals surface area contributed by atoms with Crippen LogP contribution in [0.25, 0.3) is 0 Å². The predicted octanol–water partition coefficient (Wildman–Crippen LogP) is 5.72. The van der Waals surface area contributed by atoms with Crippen LogP contribution in [0.15, 0.2) is 11.6 Å². The molecule has 3 saturated carbocycles. The number of carbonyl (C=O) groups is 2. The molecule has 3 fully saturated rings. The average Bonchev–Trinajstić information content (AvgIpc) is 2.94. The van der Waals surface area contributed by atoms with E-state index in [9.17, 15) is 9.59 Å². The van der Waals surface area contributed by atoms with Crippen LogP contribution >= 0.6 is 0 Å². The van der Waals surface area contributed by atoms with Crippen molar-refractivity contribution in [2.45, 2.75) is 92.1 Å². The van der Waals surface area contributed by atoms with Crippen molar-refractivity contribution in [2.75, 3.05) is 0 Å². The second kappa shape index (κ2) is 6.99. The van der Waals surface area contributed by atoms with Gasteiger partial charge in [-0.15, -0.1) is 0 Å². The number of carbonyl (C=O) groups excluding carboxylic acids is 2. The molecule has 3 heteroatoms. The topological polar surface area (TPSA) is 43.4 Å². The van der Waals surface area contributed by atoms with Gasteiger partial charge in [-0.2, -0.15) is 0 Å². The second-order valence-electron chi connectivity index (χ2n) is 10.8. The number of ketones is 1. The molecule has 156 valence electrons. The molecule has 4 aliphatic carbocycles. The highest BCUT2D eigenvalue weighted by molar-refractivity contribution is 5.80. The molecule has 0 heterocycles. The number of esters is 1. The molecular weight excluding hydrogens is 348 g/mol. The number of hydrogen-bond donors (Lipinski definition) is 0. The molecule has 0 aromatic heterocycles. The van der Waals surface area contributed by atoms with Crippen LogP contribution < -0.4 is 0 Å². The Morgan fingerprint density at radius 1 is 1.14 bits per heavy atom. The SMILES string of the molecule is CC[C@H]1C[C@@H]2[C@@H]3CC=C4C[C@H](OC(C)=O)CC[C@]4(C)[C@@H]3CC[C@]2(C)[C@@H]1C(C)=O. The van der Waals surface area contributed by atoms with Crippen molar-refractivity contribution in [1.29, 1.82) is 0 Å². The van der Waals surface area contributed by atoms with Gasteiger partial charge in [0.25, 0.3) is 0 Å². The number of Topliss-reactive ketones (excluding diaryl/α,β-unsaturated/α-hetero) is 1. The fourth-order valence-corrected chi connectivity index (χ4v) is 8.34. The summed E-state index contributed by atoms with van der Waals surface area (Å²) in [5.41, 5.74) is 2.00. The normalized spacial score (nSPS) is 47.4. The molecule has 28 heavy (non-hydrogen) atoms. The van der Waals surface area contributed by atoms with E-state index in [0.717, 1.165) is 43.9 Å². The minimum Gasteiger partial charge on any atom is -0.462 e. The summed E-state index contributed by atoms with van der Waals surface area (Å²) >= 11 is 0. The van der Waals surface area contributed by atoms with Gasteiger partial charge in [0.1, 0.15) is 11.9 Å². The van der Waals surface area contributed by atoms with Crippen LogP contribution in [-0.4, -0.2) is 17.9 Å². The van der Waals surface area contributed by atoms with Gasteiger partial charge >= 0.3 is 5.97 Å². The van der Waals surface area contributed by atoms with E-state index in [1.165, 1.54) is 26.2 Å². The zero-order valence-electron chi connectivity index (χ0n) is 18.4. The number of ether oxygens (including phenoxy) is 1. The van der Waals surface area contributed by atoms with Gasteiger partial charge in [0.05, 0.1) is 0 Å². The number of allylic oxidation sites excluding steroid dienone is 1. The molecule has 0 aliphatic heterocycles. The molecular formula is C25H38O3. The molecule has 0 spiro atoms. The lowest BCUT2D eigenvalue weighted by molar-refractivity contribution is -0.149. The summed E-state index contributed by atoms with van der Waals surface area (Å²) in [6.45, 7) is 10.6. The Bertz CT molecular complexity index is 694. The molecule has 4 aliphatic rings. The van der Waals surface area contributed by atoms with E-state index in [-0.39, 0.29) is 28.8 Å². The Morgan fingerprint density at radius 2 is 1.89 bits per heavy atom. The van der Waals surface area contributed by atoms with Crippen LogP contribution in [0.3, 0.4) is 0 Å². The highest BCUT2D eigenvalue weighted by Crippen LogP contribution is 2.67. The number of fused-ring (bicyclic) bond motifs is 5. The van der Waals surface area contributed by atoms with Gasteiger partial charge in [-0.25, -0.2) is 0 Å². The summed E-state index contributed by atoms with van der Waals surface area (Å²) in [7, 11) is 0. The van der Waals surface area contributed by atoms with E-state index >= 15 is 0 Å². The first-order valence-corrected chi connectivity index (χ1v) is 11.6. The monoisotopic (exact) mass is 386 g/mol. The maximum Gasteiger partial charge on any atom is 0.302 e. The van der Waals surface area contributed by atoms with Crippen molar-refractivity contribution >= 4 is 11.8 Å². The molecule has 0 aromatic rings. The lowest BCUT2D eigenvalue weighted by Crippen LogP contribution is -2.51. The minimum absolute atomic E-state index is 0.0697. The third-order valence-electron chi connectivity index (χ3n) is 9.53. The summed E-state index contributed by atoms with van der Waals surface area (Å²) in [6.07, 6.45) is 11.6. The van der Waals surface area contributed by atoms with E-state index in [1.807, 2.05) is 6.92 Å². The lowest BCUT2D eigenvalue weighted by atomic mass is 9.47. The van der Waals surface area contributed by atoms with E-state index in [1.54, 1.807) is 5.57 Å². The maximum atomic E-state index is 12.6. The van der Waals surface area contributed by atoms with E-state index in [0.29, 0.717) is 17.6 Å². The summed E-state index contributed by atoms with van der Waals surface area (Å²) in [6, 6.07) is 0. The zero-order valence-corrected chi connectivity index (χ0v) is 18.4. The smallest absolute Gasteiger partial charge is 0.302 e. The summed E-state index contributed by atoms with van der Waals surface area (Å²) in [5, 5.41) is 0. The Kier molecular flexibility index (Phi) is 5.03. The first-order chi connectivity index (χ1) is 13.2. The van der Waals surface area contributed by atoms with Crippen molar-refractivity contribution in [3.8, 4) is 0 Å². The Labute approximate surface area is 170 Å². The van der Waals surface area contributed by atoms with Crippen molar-refractivity contribution in [3.63, 3.8) is 0 Å². The standard InChI is InChI=1S/C25H38O3/c1-6-17-13-22-20-8-7-18-14-19(28-16(3)27)9-11-24(18,4)21(20)10-12-25(22,5)23(17)15(2)26/h7,17,19-23H,6,8-14H2,1-5H3/t17-,19+,20+,21+,22+,23+,24-,25-/m0/s1. The quantitative estimate of drug-likeness (QED) is 0.460. The Balaban J connectivity index is 1.61.